The number of fused-ring (bicyclic) bond motifs is 2. The molecule has 0 aromatic heterocycles. The second kappa shape index (κ2) is 4.32. The lowest BCUT2D eigenvalue weighted by Gasteiger charge is -2.22. The van der Waals surface area contributed by atoms with Crippen LogP contribution in [0.2, 0.25) is 0 Å². The topological polar surface area (TPSA) is 52.3 Å². The van der Waals surface area contributed by atoms with Gasteiger partial charge >= 0.3 is 5.97 Å². The van der Waals surface area contributed by atoms with Gasteiger partial charge in [-0.3, -0.25) is 4.79 Å². The number of carbonyl (C=O) groups excluding carboxylic acids is 1. The molecule has 80 valence electrons. The molecule has 1 saturated carbocycles. The minimum Gasteiger partial charge on any atom is -0.466 e. The van der Waals surface area contributed by atoms with Crippen molar-refractivity contribution in [3.63, 3.8) is 0 Å². The van der Waals surface area contributed by atoms with Crippen LogP contribution >= 0.6 is 12.4 Å². The summed E-state index contributed by atoms with van der Waals surface area (Å²) in [7, 11) is 0. The smallest absolute Gasteiger partial charge is 0.311 e. The Morgan fingerprint density at radius 2 is 2.14 bits per heavy atom. The van der Waals surface area contributed by atoms with Crippen LogP contribution in [-0.4, -0.2) is 18.6 Å². The molecule has 0 aromatic carbocycles. The van der Waals surface area contributed by atoms with Crippen LogP contribution in [0.25, 0.3) is 0 Å². The van der Waals surface area contributed by atoms with Crippen LogP contribution in [-0.2, 0) is 9.53 Å². The third-order valence-electron chi connectivity index (χ3n) is 3.08. The van der Waals surface area contributed by atoms with Crippen LogP contribution < -0.4 is 5.73 Å². The molecule has 0 spiro atoms. The van der Waals surface area contributed by atoms with E-state index in [9.17, 15) is 4.79 Å². The fourth-order valence-electron chi connectivity index (χ4n) is 2.43. The van der Waals surface area contributed by atoms with Crippen LogP contribution in [0.5, 0.6) is 0 Å². The van der Waals surface area contributed by atoms with Crippen molar-refractivity contribution in [1.29, 1.82) is 0 Å². The first-order valence-electron chi connectivity index (χ1n) is 4.84. The highest BCUT2D eigenvalue weighted by molar-refractivity contribution is 5.85. The van der Waals surface area contributed by atoms with E-state index in [1.807, 2.05) is 6.92 Å². The molecule has 1 unspecified atom stereocenters. The quantitative estimate of drug-likeness (QED) is 0.557. The lowest BCUT2D eigenvalue weighted by molar-refractivity contribution is -0.149. The van der Waals surface area contributed by atoms with E-state index in [1.54, 1.807) is 0 Å². The molecule has 3 nitrogen and oxygen atoms in total. The number of carbonyl (C=O) groups is 1. The van der Waals surface area contributed by atoms with E-state index in [4.69, 9.17) is 10.5 Å². The van der Waals surface area contributed by atoms with Gasteiger partial charge in [-0.15, -0.1) is 12.4 Å². The number of ether oxygens (including phenoxy) is 1. The Morgan fingerprint density at radius 1 is 1.50 bits per heavy atom. The highest BCUT2D eigenvalue weighted by atomic mass is 35.5. The average Bonchev–Trinajstić information content (AvgIpc) is 2.63. The van der Waals surface area contributed by atoms with Gasteiger partial charge in [-0.25, -0.2) is 0 Å². The second-order valence-corrected chi connectivity index (χ2v) is 3.80. The molecule has 4 heteroatoms. The molecular weight excluding hydrogens is 202 g/mol. The molecule has 0 aliphatic heterocycles. The second-order valence-electron chi connectivity index (χ2n) is 3.80. The Hall–Kier alpha value is -0.540. The molecule has 0 aromatic rings. The SMILES string of the molecule is CCOC(=O)[C@H]1C(N)[C@@H]2C=C[C@H]1C2.Cl. The maximum Gasteiger partial charge on any atom is 0.311 e. The van der Waals surface area contributed by atoms with Crippen molar-refractivity contribution in [2.24, 2.45) is 23.5 Å². The zero-order valence-electron chi connectivity index (χ0n) is 8.18. The van der Waals surface area contributed by atoms with Gasteiger partial charge in [-0.2, -0.15) is 0 Å². The normalized spacial score (nSPS) is 38.1. The Morgan fingerprint density at radius 3 is 2.64 bits per heavy atom. The van der Waals surface area contributed by atoms with E-state index in [0.717, 1.165) is 6.42 Å². The van der Waals surface area contributed by atoms with Gasteiger partial charge in [0.1, 0.15) is 0 Å². The summed E-state index contributed by atoms with van der Waals surface area (Å²) in [4.78, 5) is 11.5. The van der Waals surface area contributed by atoms with Crippen molar-refractivity contribution < 1.29 is 9.53 Å². The van der Waals surface area contributed by atoms with Gasteiger partial charge in [0.15, 0.2) is 0 Å². The van der Waals surface area contributed by atoms with E-state index in [0.29, 0.717) is 18.4 Å². The summed E-state index contributed by atoms with van der Waals surface area (Å²) in [6.45, 7) is 2.27. The molecular formula is C10H16ClNO2. The molecule has 0 saturated heterocycles. The van der Waals surface area contributed by atoms with E-state index >= 15 is 0 Å². The third kappa shape index (κ3) is 1.66. The first kappa shape index (κ1) is 11.5. The Kier molecular flexibility index (Phi) is 3.56. The summed E-state index contributed by atoms with van der Waals surface area (Å²) in [5, 5.41) is 0. The van der Waals surface area contributed by atoms with Crippen LogP contribution in [0, 0.1) is 17.8 Å². The Balaban J connectivity index is 0.000000980. The first-order chi connectivity index (χ1) is 6.24. The van der Waals surface area contributed by atoms with Crippen LogP contribution in [0.4, 0.5) is 0 Å². The molecule has 2 aliphatic carbocycles. The monoisotopic (exact) mass is 217 g/mol. The highest BCUT2D eigenvalue weighted by Crippen LogP contribution is 2.43. The van der Waals surface area contributed by atoms with Crippen molar-refractivity contribution >= 4 is 18.4 Å². The summed E-state index contributed by atoms with van der Waals surface area (Å²) in [5.41, 5.74) is 5.94. The first-order valence-corrected chi connectivity index (χ1v) is 4.84. The standard InChI is InChI=1S/C10H15NO2.ClH/c1-2-13-10(12)8-6-3-4-7(5-6)9(8)11;/h3-4,6-9H,2,5,11H2,1H3;1H/t6-,7+,8+,9?;/m0./s1. The van der Waals surface area contributed by atoms with Crippen molar-refractivity contribution in [3.05, 3.63) is 12.2 Å². The number of esters is 1. The number of nitrogens with two attached hydrogens (primary N) is 1. The van der Waals surface area contributed by atoms with Crippen molar-refractivity contribution in [3.8, 4) is 0 Å². The summed E-state index contributed by atoms with van der Waals surface area (Å²) >= 11 is 0. The minimum absolute atomic E-state index is 0. The molecule has 0 amide bonds. The van der Waals surface area contributed by atoms with Gasteiger partial charge in [0, 0.05) is 6.04 Å². The number of hydrogen-bond acceptors (Lipinski definition) is 3. The molecule has 2 N–H and O–H groups in total. The summed E-state index contributed by atoms with van der Waals surface area (Å²) in [5.74, 6) is 0.528. The summed E-state index contributed by atoms with van der Waals surface area (Å²) in [6.07, 6.45) is 5.27. The number of rotatable bonds is 2. The molecule has 0 radical (unpaired) electrons. The molecule has 2 bridgehead atoms. The maximum atomic E-state index is 11.5. The van der Waals surface area contributed by atoms with E-state index < -0.39 is 0 Å². The number of halogens is 1. The lowest BCUT2D eigenvalue weighted by Crippen LogP contribution is -2.39. The largest absolute Gasteiger partial charge is 0.466 e. The number of allylic oxidation sites excluding steroid dienone is 1. The highest BCUT2D eigenvalue weighted by Gasteiger charge is 2.46. The van der Waals surface area contributed by atoms with Crippen molar-refractivity contribution in [2.75, 3.05) is 6.61 Å². The van der Waals surface area contributed by atoms with Crippen molar-refractivity contribution in [2.45, 2.75) is 19.4 Å². The Labute approximate surface area is 90.1 Å². The van der Waals surface area contributed by atoms with Crippen molar-refractivity contribution in [1.82, 2.24) is 0 Å². The predicted molar refractivity (Wildman–Crippen MR) is 56.1 cm³/mol. The fourth-order valence-corrected chi connectivity index (χ4v) is 2.43. The molecule has 0 heterocycles. The molecule has 14 heavy (non-hydrogen) atoms. The van der Waals surface area contributed by atoms with Gasteiger partial charge in [0.25, 0.3) is 0 Å². The van der Waals surface area contributed by atoms with Gasteiger partial charge in [0.05, 0.1) is 12.5 Å². The summed E-state index contributed by atoms with van der Waals surface area (Å²) in [6, 6.07) is -0.0194. The summed E-state index contributed by atoms with van der Waals surface area (Å²) < 4.78 is 5.00. The van der Waals surface area contributed by atoms with Crippen LogP contribution in [0.1, 0.15) is 13.3 Å². The van der Waals surface area contributed by atoms with E-state index in [-0.39, 0.29) is 30.3 Å². The molecule has 2 aliphatic rings. The van der Waals surface area contributed by atoms with Gasteiger partial charge in [-0.05, 0) is 25.2 Å². The van der Waals surface area contributed by atoms with Crippen LogP contribution in [0.15, 0.2) is 12.2 Å². The van der Waals surface area contributed by atoms with Gasteiger partial charge < -0.3 is 10.5 Å². The van der Waals surface area contributed by atoms with Gasteiger partial charge in [0.2, 0.25) is 0 Å². The van der Waals surface area contributed by atoms with Crippen LogP contribution in [0.3, 0.4) is 0 Å². The average molecular weight is 218 g/mol. The molecule has 4 atom stereocenters. The van der Waals surface area contributed by atoms with Gasteiger partial charge in [-0.1, -0.05) is 12.2 Å². The minimum atomic E-state index is -0.119. The van der Waals surface area contributed by atoms with E-state index in [1.165, 1.54) is 0 Å². The molecule has 2 rings (SSSR count). The molecule has 1 fully saturated rings. The third-order valence-corrected chi connectivity index (χ3v) is 3.08. The van der Waals surface area contributed by atoms with E-state index in [2.05, 4.69) is 12.2 Å². The maximum absolute atomic E-state index is 11.5. The zero-order valence-corrected chi connectivity index (χ0v) is 9.00. The number of hydrogen-bond donors (Lipinski definition) is 1. The lowest BCUT2D eigenvalue weighted by atomic mass is 9.90. The fraction of sp³-hybridized carbons (Fsp3) is 0.700. The Bertz CT molecular complexity index is 255. The zero-order chi connectivity index (χ0) is 9.42. The predicted octanol–water partition coefficient (Wildman–Crippen LogP) is 1.12.